The molecule has 1 N–H and O–H groups in total. The topological polar surface area (TPSA) is 76.9 Å². The van der Waals surface area contributed by atoms with Crippen LogP contribution in [0.3, 0.4) is 0 Å². The van der Waals surface area contributed by atoms with Gasteiger partial charge >= 0.3 is 0 Å². The van der Waals surface area contributed by atoms with Crippen molar-refractivity contribution in [3.8, 4) is 0 Å². The van der Waals surface area contributed by atoms with E-state index < -0.39 is 10.0 Å². The Kier molecular flexibility index (Phi) is 4.18. The van der Waals surface area contributed by atoms with Gasteiger partial charge in [0, 0.05) is 38.1 Å². The highest BCUT2D eigenvalue weighted by molar-refractivity contribution is 7.89. The van der Waals surface area contributed by atoms with E-state index in [1.54, 1.807) is 10.9 Å². The lowest BCUT2D eigenvalue weighted by Crippen LogP contribution is -2.26. The van der Waals surface area contributed by atoms with Crippen LogP contribution in [0.1, 0.15) is 5.69 Å². The van der Waals surface area contributed by atoms with Gasteiger partial charge in [-0.15, -0.1) is 0 Å². The second kappa shape index (κ2) is 5.68. The number of aromatic nitrogens is 3. The number of sulfonamides is 1. The zero-order valence-corrected chi connectivity index (χ0v) is 11.8. The SMILES string of the molecule is Cn1nccc1CCNS(=O)(=O)c1ccc(Cl)nc1. The fourth-order valence-corrected chi connectivity index (χ4v) is 2.65. The third-order valence-corrected chi connectivity index (χ3v) is 4.28. The molecule has 0 amide bonds. The van der Waals surface area contributed by atoms with Gasteiger partial charge in [0.15, 0.2) is 0 Å². The summed E-state index contributed by atoms with van der Waals surface area (Å²) >= 11 is 5.62. The van der Waals surface area contributed by atoms with Crippen LogP contribution in [-0.2, 0) is 23.5 Å². The molecule has 0 saturated heterocycles. The highest BCUT2D eigenvalue weighted by atomic mass is 35.5. The fourth-order valence-electron chi connectivity index (χ4n) is 1.56. The average molecular weight is 301 g/mol. The lowest BCUT2D eigenvalue weighted by Gasteiger charge is -2.06. The molecule has 19 heavy (non-hydrogen) atoms. The molecule has 0 aliphatic carbocycles. The Morgan fingerprint density at radius 1 is 1.37 bits per heavy atom. The van der Waals surface area contributed by atoms with Gasteiger partial charge in [-0.1, -0.05) is 11.6 Å². The van der Waals surface area contributed by atoms with Crippen molar-refractivity contribution in [2.75, 3.05) is 6.54 Å². The summed E-state index contributed by atoms with van der Waals surface area (Å²) in [6, 6.07) is 4.71. The average Bonchev–Trinajstić information content (AvgIpc) is 2.75. The molecule has 2 heterocycles. The first-order valence-electron chi connectivity index (χ1n) is 5.57. The van der Waals surface area contributed by atoms with Crippen molar-refractivity contribution in [3.63, 3.8) is 0 Å². The van der Waals surface area contributed by atoms with Crippen LogP contribution in [0.4, 0.5) is 0 Å². The summed E-state index contributed by atoms with van der Waals surface area (Å²) in [6.45, 7) is 0.296. The quantitative estimate of drug-likeness (QED) is 0.835. The monoisotopic (exact) mass is 300 g/mol. The first kappa shape index (κ1) is 14.0. The molecule has 2 aromatic heterocycles. The summed E-state index contributed by atoms with van der Waals surface area (Å²) in [4.78, 5) is 3.85. The minimum absolute atomic E-state index is 0.0990. The predicted molar refractivity (Wildman–Crippen MR) is 71.3 cm³/mol. The first-order chi connectivity index (χ1) is 8.99. The summed E-state index contributed by atoms with van der Waals surface area (Å²) < 4.78 is 28.1. The molecule has 0 aliphatic rings. The number of halogens is 1. The Morgan fingerprint density at radius 3 is 2.74 bits per heavy atom. The van der Waals surface area contributed by atoms with E-state index >= 15 is 0 Å². The number of hydrogen-bond acceptors (Lipinski definition) is 4. The Balaban J connectivity index is 1.98. The van der Waals surface area contributed by atoms with Crippen molar-refractivity contribution >= 4 is 21.6 Å². The lowest BCUT2D eigenvalue weighted by molar-refractivity contribution is 0.579. The molecule has 0 aliphatic heterocycles. The summed E-state index contributed by atoms with van der Waals surface area (Å²) in [7, 11) is -1.73. The number of nitrogens with one attached hydrogen (secondary N) is 1. The molecule has 0 unspecified atom stereocenters. The van der Waals surface area contributed by atoms with Crippen LogP contribution in [-0.4, -0.2) is 29.7 Å². The van der Waals surface area contributed by atoms with Gasteiger partial charge in [-0.3, -0.25) is 4.68 Å². The van der Waals surface area contributed by atoms with Gasteiger partial charge in [-0.05, 0) is 18.2 Å². The minimum atomic E-state index is -3.54. The smallest absolute Gasteiger partial charge is 0.242 e. The Morgan fingerprint density at radius 2 is 2.16 bits per heavy atom. The molecule has 102 valence electrons. The maximum atomic E-state index is 11.9. The largest absolute Gasteiger partial charge is 0.273 e. The summed E-state index contributed by atoms with van der Waals surface area (Å²) in [5.74, 6) is 0. The molecule has 0 fully saturated rings. The number of hydrogen-bond donors (Lipinski definition) is 1. The normalized spacial score (nSPS) is 11.7. The first-order valence-corrected chi connectivity index (χ1v) is 7.43. The van der Waals surface area contributed by atoms with E-state index in [-0.39, 0.29) is 10.0 Å². The predicted octanol–water partition coefficient (Wildman–Crippen LogP) is 0.989. The Labute approximate surface area is 116 Å². The third kappa shape index (κ3) is 3.52. The number of aryl methyl sites for hydroxylation is 1. The molecule has 0 spiro atoms. The maximum Gasteiger partial charge on any atom is 0.242 e. The summed E-state index contributed by atoms with van der Waals surface area (Å²) in [5.41, 5.74) is 0.955. The second-order valence-electron chi connectivity index (χ2n) is 3.91. The van der Waals surface area contributed by atoms with Crippen molar-refractivity contribution in [1.82, 2.24) is 19.5 Å². The highest BCUT2D eigenvalue weighted by Crippen LogP contribution is 2.10. The molecule has 0 bridgehead atoms. The van der Waals surface area contributed by atoms with E-state index in [2.05, 4.69) is 14.8 Å². The van der Waals surface area contributed by atoms with E-state index in [1.807, 2.05) is 13.1 Å². The van der Waals surface area contributed by atoms with Crippen molar-refractivity contribution in [3.05, 3.63) is 41.4 Å². The van der Waals surface area contributed by atoms with Gasteiger partial charge in [0.25, 0.3) is 0 Å². The van der Waals surface area contributed by atoms with Crippen LogP contribution in [0.5, 0.6) is 0 Å². The molecule has 2 aromatic rings. The van der Waals surface area contributed by atoms with E-state index in [1.165, 1.54) is 18.3 Å². The van der Waals surface area contributed by atoms with Crippen LogP contribution < -0.4 is 4.72 Å². The highest BCUT2D eigenvalue weighted by Gasteiger charge is 2.13. The Hall–Kier alpha value is -1.44. The summed E-state index contributed by atoms with van der Waals surface area (Å²) in [5, 5.41) is 4.27. The number of rotatable bonds is 5. The van der Waals surface area contributed by atoms with Gasteiger partial charge in [-0.25, -0.2) is 18.1 Å². The molecule has 0 aromatic carbocycles. The molecule has 0 atom stereocenters. The van der Waals surface area contributed by atoms with E-state index in [4.69, 9.17) is 11.6 Å². The van der Waals surface area contributed by atoms with Gasteiger partial charge in [0.05, 0.1) is 0 Å². The minimum Gasteiger partial charge on any atom is -0.273 e. The van der Waals surface area contributed by atoms with Crippen molar-refractivity contribution in [1.29, 1.82) is 0 Å². The van der Waals surface area contributed by atoms with Gasteiger partial charge in [0.1, 0.15) is 10.0 Å². The van der Waals surface area contributed by atoms with Crippen molar-refractivity contribution < 1.29 is 8.42 Å². The van der Waals surface area contributed by atoms with Gasteiger partial charge in [-0.2, -0.15) is 5.10 Å². The van der Waals surface area contributed by atoms with Crippen molar-refractivity contribution in [2.24, 2.45) is 7.05 Å². The molecule has 0 radical (unpaired) electrons. The fraction of sp³-hybridized carbons (Fsp3) is 0.273. The molecule has 6 nitrogen and oxygen atoms in total. The van der Waals surface area contributed by atoms with Crippen LogP contribution >= 0.6 is 11.6 Å². The van der Waals surface area contributed by atoms with Crippen LogP contribution in [0.15, 0.2) is 35.5 Å². The maximum absolute atomic E-state index is 11.9. The molecule has 0 saturated carbocycles. The van der Waals surface area contributed by atoms with Crippen LogP contribution in [0.25, 0.3) is 0 Å². The zero-order chi connectivity index (χ0) is 13.9. The number of nitrogens with zero attached hydrogens (tertiary/aromatic N) is 3. The number of pyridine rings is 1. The van der Waals surface area contributed by atoms with E-state index in [9.17, 15) is 8.42 Å². The van der Waals surface area contributed by atoms with Gasteiger partial charge in [0.2, 0.25) is 10.0 Å². The van der Waals surface area contributed by atoms with Crippen molar-refractivity contribution in [2.45, 2.75) is 11.3 Å². The standard InChI is InChI=1S/C11H13ClN4O2S/c1-16-9(4-6-14-16)5-7-15-19(17,18)10-2-3-11(12)13-8-10/h2-4,6,8,15H,5,7H2,1H3. The van der Waals surface area contributed by atoms with E-state index in [0.717, 1.165) is 5.69 Å². The lowest BCUT2D eigenvalue weighted by atomic mass is 10.3. The molecule has 8 heteroatoms. The van der Waals surface area contributed by atoms with Crippen LogP contribution in [0.2, 0.25) is 5.15 Å². The summed E-state index contributed by atoms with van der Waals surface area (Å²) in [6.07, 6.45) is 3.47. The Bertz CT molecular complexity index is 652. The van der Waals surface area contributed by atoms with Crippen LogP contribution in [0, 0.1) is 0 Å². The third-order valence-electron chi connectivity index (χ3n) is 2.61. The zero-order valence-electron chi connectivity index (χ0n) is 10.2. The van der Waals surface area contributed by atoms with Gasteiger partial charge < -0.3 is 0 Å². The molecular formula is C11H13ClN4O2S. The molecular weight excluding hydrogens is 288 g/mol. The second-order valence-corrected chi connectivity index (χ2v) is 6.06. The molecule has 2 rings (SSSR count). The van der Waals surface area contributed by atoms with E-state index in [0.29, 0.717) is 13.0 Å².